The Morgan fingerprint density at radius 1 is 1.21 bits per heavy atom. The van der Waals surface area contributed by atoms with E-state index in [1.807, 2.05) is 38.1 Å². The van der Waals surface area contributed by atoms with E-state index in [1.54, 1.807) is 11.3 Å². The SMILES string of the molecule is Cc1sc2nc3c4ccccc4c(NCCCN(C)C)nn3c(=O)c2c1C.O=C(O)C(F)(F)F. The molecule has 34 heavy (non-hydrogen) atoms. The standard InChI is InChI=1S/C20H23N5OS.C2HF3O2/c1-12-13(2)27-19-16(12)20(26)25-18(22-19)15-9-6-5-8-14(15)17(23-25)21-10-7-11-24(3)4;3-2(4,5)1(6)7/h5-6,8-9H,7,10-11H2,1-4H3,(H,21,23);(H,6,7). The van der Waals surface area contributed by atoms with Crippen molar-refractivity contribution in [1.29, 1.82) is 0 Å². The highest BCUT2D eigenvalue weighted by molar-refractivity contribution is 7.18. The van der Waals surface area contributed by atoms with Crippen LogP contribution in [-0.2, 0) is 4.79 Å². The van der Waals surface area contributed by atoms with Gasteiger partial charge in [0.1, 0.15) is 4.83 Å². The summed E-state index contributed by atoms with van der Waals surface area (Å²) >= 11 is 1.57. The molecule has 0 aliphatic carbocycles. The average molecular weight is 496 g/mol. The number of halogens is 3. The van der Waals surface area contributed by atoms with Gasteiger partial charge in [0.25, 0.3) is 5.56 Å². The molecule has 0 saturated carbocycles. The number of hydrogen-bond donors (Lipinski definition) is 2. The number of thiophene rings is 1. The topological polar surface area (TPSA) is 99.8 Å². The van der Waals surface area contributed by atoms with E-state index in [9.17, 15) is 18.0 Å². The van der Waals surface area contributed by atoms with E-state index in [1.165, 1.54) is 4.52 Å². The number of carbonyl (C=O) groups is 1. The molecule has 0 unspecified atom stereocenters. The number of nitrogens with zero attached hydrogens (tertiary/aromatic N) is 4. The smallest absolute Gasteiger partial charge is 0.475 e. The number of rotatable bonds is 5. The Bertz CT molecular complexity index is 1410. The summed E-state index contributed by atoms with van der Waals surface area (Å²) in [6.07, 6.45) is -4.09. The van der Waals surface area contributed by atoms with Crippen molar-refractivity contribution < 1.29 is 23.1 Å². The Morgan fingerprint density at radius 2 is 1.82 bits per heavy atom. The Labute approximate surface area is 196 Å². The first-order valence-electron chi connectivity index (χ1n) is 10.3. The highest BCUT2D eigenvalue weighted by Gasteiger charge is 2.38. The molecular formula is C22H24F3N5O3S. The minimum Gasteiger partial charge on any atom is -0.475 e. The molecule has 1 aromatic carbocycles. The normalized spacial score (nSPS) is 11.8. The molecule has 3 aromatic heterocycles. The number of aromatic nitrogens is 3. The largest absolute Gasteiger partial charge is 0.490 e. The molecule has 0 aliphatic rings. The minimum absolute atomic E-state index is 0.0982. The Morgan fingerprint density at radius 3 is 2.41 bits per heavy atom. The number of anilines is 1. The van der Waals surface area contributed by atoms with Gasteiger partial charge in [-0.2, -0.15) is 17.7 Å². The van der Waals surface area contributed by atoms with Crippen molar-refractivity contribution in [2.75, 3.05) is 32.5 Å². The third kappa shape index (κ3) is 5.28. The highest BCUT2D eigenvalue weighted by Crippen LogP contribution is 2.29. The van der Waals surface area contributed by atoms with Crippen molar-refractivity contribution in [3.63, 3.8) is 0 Å². The quantitative estimate of drug-likeness (QED) is 0.318. The van der Waals surface area contributed by atoms with Gasteiger partial charge in [-0.25, -0.2) is 9.78 Å². The molecule has 182 valence electrons. The summed E-state index contributed by atoms with van der Waals surface area (Å²) in [5.74, 6) is -2.03. The summed E-state index contributed by atoms with van der Waals surface area (Å²) in [5, 5.41) is 17.8. The fourth-order valence-corrected chi connectivity index (χ4v) is 4.34. The van der Waals surface area contributed by atoms with Crippen molar-refractivity contribution in [1.82, 2.24) is 19.5 Å². The van der Waals surface area contributed by atoms with Gasteiger partial charge in [-0.15, -0.1) is 16.4 Å². The Hall–Kier alpha value is -3.25. The molecular weight excluding hydrogens is 471 g/mol. The van der Waals surface area contributed by atoms with Gasteiger partial charge in [0, 0.05) is 22.2 Å². The van der Waals surface area contributed by atoms with Crippen LogP contribution in [0.5, 0.6) is 0 Å². The molecule has 8 nitrogen and oxygen atoms in total. The number of benzene rings is 1. The van der Waals surface area contributed by atoms with Crippen molar-refractivity contribution in [3.8, 4) is 0 Å². The van der Waals surface area contributed by atoms with Gasteiger partial charge in [0.05, 0.1) is 5.39 Å². The lowest BCUT2D eigenvalue weighted by molar-refractivity contribution is -0.192. The van der Waals surface area contributed by atoms with E-state index in [0.717, 1.165) is 51.4 Å². The van der Waals surface area contributed by atoms with Gasteiger partial charge in [-0.3, -0.25) is 4.79 Å². The first-order valence-corrected chi connectivity index (χ1v) is 11.1. The molecule has 3 heterocycles. The van der Waals surface area contributed by atoms with Crippen LogP contribution in [0.1, 0.15) is 16.9 Å². The van der Waals surface area contributed by atoms with Gasteiger partial charge < -0.3 is 15.3 Å². The molecule has 0 aliphatic heterocycles. The van der Waals surface area contributed by atoms with Crippen molar-refractivity contribution in [2.24, 2.45) is 0 Å². The van der Waals surface area contributed by atoms with Crippen LogP contribution in [0.3, 0.4) is 0 Å². The van der Waals surface area contributed by atoms with Crippen molar-refractivity contribution >= 4 is 49.8 Å². The fourth-order valence-electron chi connectivity index (χ4n) is 3.32. The van der Waals surface area contributed by atoms with Crippen LogP contribution < -0.4 is 10.9 Å². The predicted molar refractivity (Wildman–Crippen MR) is 127 cm³/mol. The summed E-state index contributed by atoms with van der Waals surface area (Å²) in [4.78, 5) is 30.9. The van der Waals surface area contributed by atoms with E-state index in [2.05, 4.69) is 29.4 Å². The second-order valence-electron chi connectivity index (χ2n) is 7.90. The van der Waals surface area contributed by atoms with E-state index in [-0.39, 0.29) is 5.56 Å². The summed E-state index contributed by atoms with van der Waals surface area (Å²) in [7, 11) is 4.12. The second kappa shape index (κ2) is 9.94. The maximum atomic E-state index is 13.2. The average Bonchev–Trinajstić information content (AvgIpc) is 3.05. The lowest BCUT2D eigenvalue weighted by Crippen LogP contribution is -2.21. The summed E-state index contributed by atoms with van der Waals surface area (Å²) < 4.78 is 33.2. The molecule has 0 amide bonds. The van der Waals surface area contributed by atoms with E-state index in [0.29, 0.717) is 11.0 Å². The first kappa shape index (κ1) is 25.4. The third-order valence-electron chi connectivity index (χ3n) is 5.12. The van der Waals surface area contributed by atoms with Crippen LogP contribution in [0.4, 0.5) is 19.0 Å². The van der Waals surface area contributed by atoms with Gasteiger partial charge in [-0.1, -0.05) is 24.3 Å². The van der Waals surface area contributed by atoms with Crippen LogP contribution in [0.25, 0.3) is 26.6 Å². The maximum Gasteiger partial charge on any atom is 0.490 e. The Balaban J connectivity index is 0.000000406. The number of carboxylic acid groups (broad SMARTS) is 1. The highest BCUT2D eigenvalue weighted by atomic mass is 32.1. The molecule has 0 fully saturated rings. The molecule has 0 atom stereocenters. The number of fused-ring (bicyclic) bond motifs is 4. The number of hydrogen-bond acceptors (Lipinski definition) is 7. The van der Waals surface area contributed by atoms with Crippen molar-refractivity contribution in [2.45, 2.75) is 26.4 Å². The number of carboxylic acids is 1. The molecule has 12 heteroatoms. The van der Waals surface area contributed by atoms with E-state index < -0.39 is 12.1 Å². The van der Waals surface area contributed by atoms with Crippen LogP contribution in [0.15, 0.2) is 29.1 Å². The molecule has 4 rings (SSSR count). The van der Waals surface area contributed by atoms with Gasteiger partial charge >= 0.3 is 12.1 Å². The molecule has 0 saturated heterocycles. The molecule has 4 aromatic rings. The fraction of sp³-hybridized carbons (Fsp3) is 0.364. The monoisotopic (exact) mass is 495 g/mol. The van der Waals surface area contributed by atoms with Crippen LogP contribution in [0.2, 0.25) is 0 Å². The molecule has 0 bridgehead atoms. The molecule has 0 spiro atoms. The number of alkyl halides is 3. The van der Waals surface area contributed by atoms with Gasteiger partial charge in [0.15, 0.2) is 11.5 Å². The van der Waals surface area contributed by atoms with Gasteiger partial charge in [0.2, 0.25) is 0 Å². The van der Waals surface area contributed by atoms with Gasteiger partial charge in [-0.05, 0) is 46.5 Å². The second-order valence-corrected chi connectivity index (χ2v) is 9.10. The summed E-state index contributed by atoms with van der Waals surface area (Å²) in [6, 6.07) is 7.99. The number of nitrogens with one attached hydrogen (secondary N) is 1. The lowest BCUT2D eigenvalue weighted by atomic mass is 10.1. The first-order chi connectivity index (χ1) is 15.9. The summed E-state index contributed by atoms with van der Waals surface area (Å²) in [5.41, 5.74) is 1.51. The van der Waals surface area contributed by atoms with E-state index >= 15 is 0 Å². The predicted octanol–water partition coefficient (Wildman–Crippen LogP) is 4.07. The maximum absolute atomic E-state index is 13.2. The Kier molecular flexibility index (Phi) is 7.41. The minimum atomic E-state index is -5.08. The van der Waals surface area contributed by atoms with Crippen LogP contribution in [0, 0.1) is 13.8 Å². The number of aryl methyl sites for hydroxylation is 2. The molecule has 0 radical (unpaired) electrons. The van der Waals surface area contributed by atoms with Crippen LogP contribution in [-0.4, -0.2) is 63.9 Å². The number of aliphatic carboxylic acids is 1. The lowest BCUT2D eigenvalue weighted by Gasteiger charge is -2.13. The van der Waals surface area contributed by atoms with E-state index in [4.69, 9.17) is 14.9 Å². The molecule has 2 N–H and O–H groups in total. The van der Waals surface area contributed by atoms with Crippen molar-refractivity contribution in [3.05, 3.63) is 45.1 Å². The van der Waals surface area contributed by atoms with Crippen LogP contribution >= 0.6 is 11.3 Å². The zero-order chi connectivity index (χ0) is 25.2. The zero-order valence-electron chi connectivity index (χ0n) is 19.0. The zero-order valence-corrected chi connectivity index (χ0v) is 19.8. The third-order valence-corrected chi connectivity index (χ3v) is 6.22. The summed E-state index contributed by atoms with van der Waals surface area (Å²) in [6.45, 7) is 5.79.